The predicted molar refractivity (Wildman–Crippen MR) is 87.1 cm³/mol. The summed E-state index contributed by atoms with van der Waals surface area (Å²) in [4.78, 5) is 12.0. The van der Waals surface area contributed by atoms with Crippen LogP contribution in [0.3, 0.4) is 0 Å². The lowest BCUT2D eigenvalue weighted by Crippen LogP contribution is -2.25. The molecule has 2 aromatic rings. The Morgan fingerprint density at radius 3 is 3.00 bits per heavy atom. The number of hydrogen-bond donors (Lipinski definition) is 1. The van der Waals surface area contributed by atoms with Crippen LogP contribution in [-0.2, 0) is 11.3 Å². The zero-order valence-electron chi connectivity index (χ0n) is 13.3. The summed E-state index contributed by atoms with van der Waals surface area (Å²) in [5.74, 6) is -1.19. The van der Waals surface area contributed by atoms with Gasteiger partial charge in [0.1, 0.15) is 11.6 Å². The molecule has 1 aliphatic rings. The molecule has 3 rings (SSSR count). The molecule has 0 amide bonds. The maximum atomic E-state index is 14.1. The summed E-state index contributed by atoms with van der Waals surface area (Å²) in [7, 11) is 0. The van der Waals surface area contributed by atoms with Crippen molar-refractivity contribution in [1.29, 1.82) is 0 Å². The zero-order valence-corrected chi connectivity index (χ0v) is 14.1. The number of aromatic amines is 1. The summed E-state index contributed by atoms with van der Waals surface area (Å²) < 4.78 is 34.3. The highest BCUT2D eigenvalue weighted by atomic mass is 32.2. The van der Waals surface area contributed by atoms with Crippen molar-refractivity contribution in [2.45, 2.75) is 49.2 Å². The number of H-pyrrole nitrogens is 1. The van der Waals surface area contributed by atoms with Gasteiger partial charge in [-0.1, -0.05) is 24.8 Å². The van der Waals surface area contributed by atoms with E-state index in [1.54, 1.807) is 0 Å². The molecule has 0 radical (unpaired) electrons. The minimum Gasteiger partial charge on any atom is -0.376 e. The third kappa shape index (κ3) is 3.70. The first-order valence-electron chi connectivity index (χ1n) is 7.97. The molecular weight excluding hydrogens is 336 g/mol. The average Bonchev–Trinajstić information content (AvgIpc) is 3.18. The van der Waals surface area contributed by atoms with Gasteiger partial charge in [0, 0.05) is 23.5 Å². The molecule has 1 aromatic heterocycles. The summed E-state index contributed by atoms with van der Waals surface area (Å²) in [5, 5.41) is 6.73. The zero-order chi connectivity index (χ0) is 17.1. The van der Waals surface area contributed by atoms with Gasteiger partial charge in [-0.15, -0.1) is 5.10 Å². The monoisotopic (exact) mass is 355 g/mol. The number of benzene rings is 1. The van der Waals surface area contributed by atoms with Crippen molar-refractivity contribution in [3.63, 3.8) is 0 Å². The van der Waals surface area contributed by atoms with Crippen LogP contribution in [0, 0.1) is 11.6 Å². The molecule has 2 heterocycles. The number of aromatic nitrogens is 3. The summed E-state index contributed by atoms with van der Waals surface area (Å²) in [6.07, 6.45) is 2.51. The maximum absolute atomic E-state index is 14.1. The fourth-order valence-electron chi connectivity index (χ4n) is 2.80. The lowest BCUT2D eigenvalue weighted by atomic mass is 10.1. The Balaban J connectivity index is 1.82. The van der Waals surface area contributed by atoms with Crippen LogP contribution in [0.4, 0.5) is 8.78 Å². The van der Waals surface area contributed by atoms with Crippen LogP contribution in [0.2, 0.25) is 0 Å². The van der Waals surface area contributed by atoms with Crippen LogP contribution in [0.5, 0.6) is 0 Å². The first kappa shape index (κ1) is 17.2. The summed E-state index contributed by atoms with van der Waals surface area (Å²) in [6, 6.07) is 3.56. The van der Waals surface area contributed by atoms with Crippen LogP contribution in [0.25, 0.3) is 0 Å². The largest absolute Gasteiger partial charge is 0.376 e. The molecule has 0 spiro atoms. The Labute approximate surface area is 142 Å². The van der Waals surface area contributed by atoms with E-state index in [4.69, 9.17) is 4.74 Å². The maximum Gasteiger partial charge on any atom is 0.344 e. The molecule has 24 heavy (non-hydrogen) atoms. The summed E-state index contributed by atoms with van der Waals surface area (Å²) >= 11 is 1.30. The van der Waals surface area contributed by atoms with Crippen molar-refractivity contribution in [2.24, 2.45) is 0 Å². The van der Waals surface area contributed by atoms with Gasteiger partial charge < -0.3 is 4.74 Å². The van der Waals surface area contributed by atoms with Gasteiger partial charge >= 0.3 is 5.69 Å². The van der Waals surface area contributed by atoms with E-state index < -0.39 is 11.6 Å². The molecule has 8 heteroatoms. The number of nitrogens with zero attached hydrogens (tertiary/aromatic N) is 2. The Kier molecular flexibility index (Phi) is 5.35. The van der Waals surface area contributed by atoms with E-state index in [1.807, 2.05) is 6.92 Å². The van der Waals surface area contributed by atoms with E-state index in [9.17, 15) is 13.6 Å². The number of halogens is 2. The Bertz CT molecular complexity index is 756. The molecule has 5 nitrogen and oxygen atoms in total. The first-order valence-corrected chi connectivity index (χ1v) is 8.85. The van der Waals surface area contributed by atoms with Gasteiger partial charge in [-0.25, -0.2) is 18.7 Å². The van der Waals surface area contributed by atoms with E-state index in [0.29, 0.717) is 30.3 Å². The van der Waals surface area contributed by atoms with Gasteiger partial charge in [0.2, 0.25) is 0 Å². The fraction of sp³-hybridized carbons (Fsp3) is 0.500. The summed E-state index contributed by atoms with van der Waals surface area (Å²) in [6.45, 7) is 3.05. The molecular formula is C16H19F2N3O2S. The molecule has 0 bridgehead atoms. The van der Waals surface area contributed by atoms with Crippen molar-refractivity contribution >= 4 is 11.8 Å². The van der Waals surface area contributed by atoms with Gasteiger partial charge in [0.15, 0.2) is 5.16 Å². The van der Waals surface area contributed by atoms with E-state index in [0.717, 1.165) is 18.9 Å². The number of hydrogen-bond acceptors (Lipinski definition) is 4. The van der Waals surface area contributed by atoms with Crippen molar-refractivity contribution in [3.8, 4) is 0 Å². The third-order valence-electron chi connectivity index (χ3n) is 4.06. The van der Waals surface area contributed by atoms with E-state index in [1.165, 1.54) is 28.5 Å². The molecule has 1 N–H and O–H groups in total. The predicted octanol–water partition coefficient (Wildman–Crippen LogP) is 3.27. The highest BCUT2D eigenvalue weighted by molar-refractivity contribution is 7.99. The van der Waals surface area contributed by atoms with Gasteiger partial charge in [0.25, 0.3) is 0 Å². The van der Waals surface area contributed by atoms with Gasteiger partial charge in [-0.2, -0.15) is 0 Å². The lowest BCUT2D eigenvalue weighted by molar-refractivity contribution is 0.0941. The molecule has 1 aliphatic heterocycles. The second kappa shape index (κ2) is 7.48. The fourth-order valence-corrected chi connectivity index (χ4v) is 3.93. The minimum absolute atomic E-state index is 0.00211. The van der Waals surface area contributed by atoms with Crippen molar-refractivity contribution < 1.29 is 13.5 Å². The van der Waals surface area contributed by atoms with Gasteiger partial charge in [-0.3, -0.25) is 4.57 Å². The van der Waals surface area contributed by atoms with Crippen LogP contribution >= 0.6 is 11.8 Å². The van der Waals surface area contributed by atoms with Crippen LogP contribution in [-0.4, -0.2) is 27.5 Å². The normalized spacial score (nSPS) is 18.9. The first-order chi connectivity index (χ1) is 11.6. The standard InChI is InChI=1S/C16H19F2N3O2S/c1-2-14(12-6-5-10(17)8-13(12)18)24-16-20-19-15(22)21(16)9-11-4-3-7-23-11/h5-6,8,11,14H,2-4,7,9H2,1H3,(H,19,22)/t11-,14-/m1/s1. The molecule has 130 valence electrons. The molecule has 1 fully saturated rings. The van der Waals surface area contributed by atoms with Crippen molar-refractivity contribution in [1.82, 2.24) is 14.8 Å². The van der Waals surface area contributed by atoms with Gasteiger partial charge in [-0.05, 0) is 25.3 Å². The molecule has 1 saturated heterocycles. The Morgan fingerprint density at radius 1 is 1.50 bits per heavy atom. The minimum atomic E-state index is -0.605. The molecule has 1 aromatic carbocycles. The van der Waals surface area contributed by atoms with E-state index >= 15 is 0 Å². The van der Waals surface area contributed by atoms with Crippen LogP contribution in [0.1, 0.15) is 37.0 Å². The van der Waals surface area contributed by atoms with Crippen molar-refractivity contribution in [3.05, 3.63) is 45.9 Å². The quantitative estimate of drug-likeness (QED) is 0.808. The molecule has 2 atom stereocenters. The summed E-state index contributed by atoms with van der Waals surface area (Å²) in [5.41, 5.74) is 0.102. The lowest BCUT2D eigenvalue weighted by Gasteiger charge is -2.16. The second-order valence-electron chi connectivity index (χ2n) is 5.74. The molecule has 0 aliphatic carbocycles. The highest BCUT2D eigenvalue weighted by Gasteiger charge is 2.23. The Morgan fingerprint density at radius 2 is 2.33 bits per heavy atom. The molecule has 0 saturated carbocycles. The third-order valence-corrected chi connectivity index (χ3v) is 5.46. The van der Waals surface area contributed by atoms with Crippen LogP contribution < -0.4 is 5.69 Å². The highest BCUT2D eigenvalue weighted by Crippen LogP contribution is 2.37. The van der Waals surface area contributed by atoms with Crippen molar-refractivity contribution in [2.75, 3.05) is 6.61 Å². The van der Waals surface area contributed by atoms with Gasteiger partial charge in [0.05, 0.1) is 12.6 Å². The number of thioether (sulfide) groups is 1. The van der Waals surface area contributed by atoms with Crippen LogP contribution in [0.15, 0.2) is 28.2 Å². The Hall–Kier alpha value is -1.67. The number of nitrogens with one attached hydrogen (secondary N) is 1. The van der Waals surface area contributed by atoms with E-state index in [2.05, 4.69) is 10.2 Å². The van der Waals surface area contributed by atoms with E-state index in [-0.39, 0.29) is 17.0 Å². The smallest absolute Gasteiger partial charge is 0.344 e. The SMILES string of the molecule is CC[C@@H](Sc1n[nH]c(=O)n1C[C@H]1CCCO1)c1ccc(F)cc1F. The number of rotatable bonds is 6. The second-order valence-corrected chi connectivity index (χ2v) is 6.91. The number of ether oxygens (including phenoxy) is 1. The topological polar surface area (TPSA) is 59.9 Å². The molecule has 0 unspecified atom stereocenters. The average molecular weight is 355 g/mol.